The molecule has 0 saturated heterocycles. The van der Waals surface area contributed by atoms with Crippen molar-refractivity contribution in [1.29, 1.82) is 0 Å². The zero-order valence-corrected chi connectivity index (χ0v) is 18.5. The van der Waals surface area contributed by atoms with Crippen LogP contribution in [0.5, 0.6) is 0 Å². The Morgan fingerprint density at radius 1 is 0.913 bits per heavy atom. The van der Waals surface area contributed by atoms with Gasteiger partial charge in [0.25, 0.3) is 0 Å². The second-order valence-corrected chi connectivity index (χ2v) is 8.45. The molecule has 0 saturated carbocycles. The first-order valence-corrected chi connectivity index (χ1v) is 10.3. The van der Waals surface area contributed by atoms with Crippen LogP contribution in [0.1, 0.15) is 97.8 Å². The molecule has 2 atom stereocenters. The first kappa shape index (κ1) is 26.1. The van der Waals surface area contributed by atoms with E-state index < -0.39 is 21.0 Å². The van der Waals surface area contributed by atoms with Crippen molar-refractivity contribution in [2.24, 2.45) is 0 Å². The van der Waals surface area contributed by atoms with Crippen molar-refractivity contribution < 1.29 is 47.6 Å². The summed E-state index contributed by atoms with van der Waals surface area (Å²) < 4.78 is 32.3. The summed E-state index contributed by atoms with van der Waals surface area (Å²) in [5.41, 5.74) is 0. The summed E-state index contributed by atoms with van der Waals surface area (Å²) in [4.78, 5) is 0. The van der Waals surface area contributed by atoms with Crippen molar-refractivity contribution in [2.75, 3.05) is 0 Å². The average Bonchev–Trinajstić information content (AvgIpc) is 2.46. The van der Waals surface area contributed by atoms with Gasteiger partial charge in [0.1, 0.15) is 10.1 Å². The summed E-state index contributed by atoms with van der Waals surface area (Å²) in [6.45, 7) is 5.21. The van der Waals surface area contributed by atoms with Gasteiger partial charge in [0.2, 0.25) is 0 Å². The molecule has 0 aromatic carbocycles. The monoisotopic (exact) mass is 358 g/mol. The second-order valence-electron chi connectivity index (χ2n) is 6.61. The number of hydrogen-bond acceptors (Lipinski definition) is 4. The van der Waals surface area contributed by atoms with Crippen molar-refractivity contribution in [3.63, 3.8) is 0 Å². The van der Waals surface area contributed by atoms with E-state index in [1.165, 1.54) is 51.9 Å². The van der Waals surface area contributed by atoms with Gasteiger partial charge in [-0.3, -0.25) is 0 Å². The van der Waals surface area contributed by atoms with E-state index in [9.17, 15) is 18.1 Å². The minimum Gasteiger partial charge on any atom is -0.747 e. The van der Waals surface area contributed by atoms with Crippen LogP contribution in [0.25, 0.3) is 0 Å². The van der Waals surface area contributed by atoms with Crippen LogP contribution < -0.4 is 29.6 Å². The fourth-order valence-corrected chi connectivity index (χ4v) is 3.51. The van der Waals surface area contributed by atoms with E-state index in [1.54, 1.807) is 6.92 Å². The molecule has 0 aromatic rings. The SMILES string of the molecule is CCCCCCCCCCCCC(O)C(C)(CC)S(=O)(=O)[O-].[Na+]. The van der Waals surface area contributed by atoms with Gasteiger partial charge in [0, 0.05) is 0 Å². The van der Waals surface area contributed by atoms with E-state index in [0.717, 1.165) is 19.3 Å². The molecule has 0 aliphatic heterocycles. The third kappa shape index (κ3) is 10.5. The van der Waals surface area contributed by atoms with Gasteiger partial charge in [-0.05, 0) is 19.8 Å². The molecule has 4 nitrogen and oxygen atoms in total. The Morgan fingerprint density at radius 3 is 1.65 bits per heavy atom. The van der Waals surface area contributed by atoms with E-state index in [1.807, 2.05) is 0 Å². The first-order valence-electron chi connectivity index (χ1n) is 8.93. The van der Waals surface area contributed by atoms with Crippen molar-refractivity contribution in [3.8, 4) is 0 Å². The van der Waals surface area contributed by atoms with E-state index in [0.29, 0.717) is 6.42 Å². The topological polar surface area (TPSA) is 77.4 Å². The smallest absolute Gasteiger partial charge is 0.747 e. The van der Waals surface area contributed by atoms with E-state index >= 15 is 0 Å². The average molecular weight is 359 g/mol. The molecule has 1 N–H and O–H groups in total. The molecule has 0 bridgehead atoms. The molecule has 0 fully saturated rings. The zero-order valence-electron chi connectivity index (χ0n) is 15.6. The van der Waals surface area contributed by atoms with Crippen LogP contribution in [-0.2, 0) is 10.1 Å². The Morgan fingerprint density at radius 2 is 1.30 bits per heavy atom. The van der Waals surface area contributed by atoms with Gasteiger partial charge in [-0.1, -0.05) is 78.1 Å². The number of aliphatic hydroxyl groups is 1. The maximum absolute atomic E-state index is 11.3. The zero-order chi connectivity index (χ0) is 17.1. The van der Waals surface area contributed by atoms with Crippen LogP contribution in [0.15, 0.2) is 0 Å². The molecule has 0 aromatic heterocycles. The van der Waals surface area contributed by atoms with Gasteiger partial charge < -0.3 is 9.66 Å². The molecule has 0 aliphatic carbocycles. The predicted molar refractivity (Wildman–Crippen MR) is 90.9 cm³/mol. The third-order valence-corrected chi connectivity index (χ3v) is 6.51. The Hall–Kier alpha value is 0.870. The van der Waals surface area contributed by atoms with Gasteiger partial charge >= 0.3 is 29.6 Å². The van der Waals surface area contributed by atoms with E-state index in [2.05, 4.69) is 6.92 Å². The minimum atomic E-state index is -4.48. The van der Waals surface area contributed by atoms with Crippen LogP contribution in [0, 0.1) is 0 Å². The van der Waals surface area contributed by atoms with Crippen molar-refractivity contribution in [1.82, 2.24) is 0 Å². The largest absolute Gasteiger partial charge is 1.00 e. The summed E-state index contributed by atoms with van der Waals surface area (Å²) in [6.07, 6.45) is 11.4. The van der Waals surface area contributed by atoms with Gasteiger partial charge in [-0.2, -0.15) is 0 Å². The number of unbranched alkanes of at least 4 members (excludes halogenated alkanes) is 9. The first-order chi connectivity index (χ1) is 10.3. The summed E-state index contributed by atoms with van der Waals surface area (Å²) >= 11 is 0. The van der Waals surface area contributed by atoms with Crippen LogP contribution >= 0.6 is 0 Å². The predicted octanol–water partition coefficient (Wildman–Crippen LogP) is 1.38. The van der Waals surface area contributed by atoms with Gasteiger partial charge in [-0.15, -0.1) is 0 Å². The summed E-state index contributed by atoms with van der Waals surface area (Å²) in [6, 6.07) is 0. The Labute approximate surface area is 165 Å². The Bertz CT molecular complexity index is 373. The number of hydrogen-bond donors (Lipinski definition) is 1. The maximum atomic E-state index is 11.3. The third-order valence-electron chi connectivity index (χ3n) is 4.81. The maximum Gasteiger partial charge on any atom is 1.00 e. The van der Waals surface area contributed by atoms with Crippen molar-refractivity contribution in [3.05, 3.63) is 0 Å². The number of aliphatic hydroxyl groups excluding tert-OH is 1. The fraction of sp³-hybridized carbons (Fsp3) is 1.00. The standard InChI is InChI=1S/C17H36O4S.Na/c1-4-6-7-8-9-10-11-12-13-14-15-16(18)17(3,5-2)22(19,20)21;/h16,18H,4-15H2,1-3H3,(H,19,20,21);/q;+1/p-1. The second kappa shape index (κ2) is 14.1. The van der Waals surface area contributed by atoms with E-state index in [-0.39, 0.29) is 36.0 Å². The fourth-order valence-electron chi connectivity index (χ4n) is 2.71. The Kier molecular flexibility index (Phi) is 16.0. The molecule has 134 valence electrons. The summed E-state index contributed by atoms with van der Waals surface area (Å²) in [7, 11) is -4.48. The van der Waals surface area contributed by atoms with Crippen LogP contribution in [-0.4, -0.2) is 28.9 Å². The molecule has 0 heterocycles. The molecule has 6 heteroatoms. The van der Waals surface area contributed by atoms with Gasteiger partial charge in [0.15, 0.2) is 0 Å². The van der Waals surface area contributed by atoms with Crippen LogP contribution in [0.3, 0.4) is 0 Å². The summed E-state index contributed by atoms with van der Waals surface area (Å²) in [5, 5.41) is 10.0. The molecule has 0 rings (SSSR count). The van der Waals surface area contributed by atoms with E-state index in [4.69, 9.17) is 0 Å². The quantitative estimate of drug-likeness (QED) is 0.289. The molecule has 0 radical (unpaired) electrons. The van der Waals surface area contributed by atoms with Crippen LogP contribution in [0.4, 0.5) is 0 Å². The molecule has 23 heavy (non-hydrogen) atoms. The molecule has 2 unspecified atom stereocenters. The Balaban J connectivity index is 0. The van der Waals surface area contributed by atoms with Gasteiger partial charge in [0.05, 0.1) is 10.9 Å². The molecular weight excluding hydrogens is 323 g/mol. The number of rotatable bonds is 14. The molecular formula is C17H35NaO4S. The molecule has 0 aliphatic rings. The molecule has 0 amide bonds. The van der Waals surface area contributed by atoms with Crippen LogP contribution in [0.2, 0.25) is 0 Å². The van der Waals surface area contributed by atoms with Crippen molar-refractivity contribution >= 4 is 10.1 Å². The molecule has 0 spiro atoms. The normalized spacial score (nSPS) is 15.7. The van der Waals surface area contributed by atoms with Crippen molar-refractivity contribution in [2.45, 2.75) is 109 Å². The minimum absolute atomic E-state index is 0. The summed E-state index contributed by atoms with van der Waals surface area (Å²) in [5.74, 6) is 0. The van der Waals surface area contributed by atoms with Gasteiger partial charge in [-0.25, -0.2) is 8.42 Å².